The molecular weight excluding hydrogens is 1320 g/mol. The maximum atomic E-state index is 2.64. The zero-order valence-electron chi connectivity index (χ0n) is 68.2. The molecule has 12 aromatic carbocycles. The quantitative estimate of drug-likeness (QED) is 0.148. The number of hydrogen-bond donors (Lipinski definition) is 0. The highest BCUT2D eigenvalue weighted by molar-refractivity contribution is 7.00. The SMILES string of the molecule is CC(C)(C)c1ccc2c(c1)c1cc(C(C)(C)C)ccc1n2-c1ccc2c(c1)N(c1ccc(-c3ccc4c(c3)C(C)(C)CCC4(C)C)cc1)c1cc(-c3ccccc3)cc3c1B2c1ccc(-n2c4ccc(C(C)(C)C)cc4c4cc(C(C)(C)C)ccc42)cc1N3c1ccc(-c2ccc3c(c2)C(C)(C)CCC3(C)C)cc1. The molecule has 0 spiro atoms. The maximum Gasteiger partial charge on any atom is 0.252 e. The smallest absolute Gasteiger partial charge is 0.252 e. The molecule has 4 nitrogen and oxygen atoms in total. The third kappa shape index (κ3) is 11.5. The first-order valence-electron chi connectivity index (χ1n) is 40.3. The molecule has 0 saturated heterocycles. The van der Waals surface area contributed by atoms with Gasteiger partial charge in [0.15, 0.2) is 0 Å². The molecule has 2 aromatic heterocycles. The molecule has 0 unspecified atom stereocenters. The number of nitrogens with zero attached hydrogens (tertiary/aromatic N) is 4. The minimum atomic E-state index is -0.163. The van der Waals surface area contributed by atoms with E-state index in [9.17, 15) is 0 Å². The summed E-state index contributed by atoms with van der Waals surface area (Å²) < 4.78 is 5.12. The molecule has 4 aliphatic rings. The lowest BCUT2D eigenvalue weighted by Crippen LogP contribution is -2.61. The average molecular weight is 1420 g/mol. The van der Waals surface area contributed by atoms with Gasteiger partial charge in [-0.05, 0) is 272 Å². The van der Waals surface area contributed by atoms with Crippen LogP contribution in [0.1, 0.15) is 209 Å². The number of rotatable bonds is 7. The molecule has 546 valence electrons. The topological polar surface area (TPSA) is 16.3 Å². The van der Waals surface area contributed by atoms with E-state index >= 15 is 0 Å². The first-order valence-corrected chi connectivity index (χ1v) is 40.3. The molecule has 18 rings (SSSR count). The Morgan fingerprint density at radius 2 is 0.560 bits per heavy atom. The van der Waals surface area contributed by atoms with E-state index in [1.54, 1.807) is 0 Å². The second-order valence-electron chi connectivity index (χ2n) is 39.6. The lowest BCUT2D eigenvalue weighted by Gasteiger charge is -2.44. The highest BCUT2D eigenvalue weighted by Crippen LogP contribution is 2.53. The molecule has 0 amide bonds. The Labute approximate surface area is 649 Å². The van der Waals surface area contributed by atoms with Gasteiger partial charge in [-0.25, -0.2) is 0 Å². The van der Waals surface area contributed by atoms with E-state index in [4.69, 9.17) is 0 Å². The molecule has 0 fully saturated rings. The highest BCUT2D eigenvalue weighted by Gasteiger charge is 2.46. The van der Waals surface area contributed by atoms with Gasteiger partial charge in [-0.2, -0.15) is 0 Å². The third-order valence-electron chi connectivity index (χ3n) is 26.3. The minimum absolute atomic E-state index is 0.0343. The predicted octanol–water partition coefficient (Wildman–Crippen LogP) is 26.9. The molecule has 2 aliphatic carbocycles. The van der Waals surface area contributed by atoms with E-state index in [2.05, 4.69) is 394 Å². The van der Waals surface area contributed by atoms with Crippen molar-refractivity contribution in [3.05, 3.63) is 281 Å². The maximum absolute atomic E-state index is 2.64. The zero-order valence-corrected chi connectivity index (χ0v) is 68.2. The average Bonchev–Trinajstić information content (AvgIpc) is 0.924. The van der Waals surface area contributed by atoms with Crippen LogP contribution in [0.4, 0.5) is 34.1 Å². The highest BCUT2D eigenvalue weighted by atomic mass is 15.2. The predicted molar refractivity (Wildman–Crippen MR) is 471 cm³/mol. The van der Waals surface area contributed by atoms with Gasteiger partial charge in [-0.1, -0.05) is 266 Å². The van der Waals surface area contributed by atoms with Crippen molar-refractivity contribution in [2.24, 2.45) is 0 Å². The van der Waals surface area contributed by atoms with E-state index < -0.39 is 0 Å². The van der Waals surface area contributed by atoms with Gasteiger partial charge in [0.05, 0.1) is 22.1 Å². The van der Waals surface area contributed by atoms with Gasteiger partial charge in [0, 0.05) is 67.0 Å². The van der Waals surface area contributed by atoms with Crippen LogP contribution < -0.4 is 26.2 Å². The molecular formula is C104H107BN4. The van der Waals surface area contributed by atoms with Gasteiger partial charge >= 0.3 is 0 Å². The Morgan fingerprint density at radius 1 is 0.257 bits per heavy atom. The van der Waals surface area contributed by atoms with Crippen LogP contribution in [0.2, 0.25) is 0 Å². The van der Waals surface area contributed by atoms with Crippen LogP contribution >= 0.6 is 0 Å². The van der Waals surface area contributed by atoms with Gasteiger partial charge in [0.2, 0.25) is 0 Å². The molecule has 4 heterocycles. The largest absolute Gasteiger partial charge is 0.311 e. The van der Waals surface area contributed by atoms with E-state index in [-0.39, 0.29) is 50.0 Å². The first-order chi connectivity index (χ1) is 51.5. The molecule has 0 atom stereocenters. The van der Waals surface area contributed by atoms with Crippen molar-refractivity contribution in [3.63, 3.8) is 0 Å². The molecule has 0 radical (unpaired) electrons. The van der Waals surface area contributed by atoms with Gasteiger partial charge in [-0.15, -0.1) is 0 Å². The number of benzene rings is 12. The zero-order chi connectivity index (χ0) is 76.3. The Balaban J connectivity index is 0.909. The van der Waals surface area contributed by atoms with Crippen LogP contribution in [0.15, 0.2) is 237 Å². The Kier molecular flexibility index (Phi) is 15.7. The van der Waals surface area contributed by atoms with Crippen molar-refractivity contribution < 1.29 is 0 Å². The lowest BCUT2D eigenvalue weighted by atomic mass is 9.33. The van der Waals surface area contributed by atoms with Crippen LogP contribution in [0.3, 0.4) is 0 Å². The third-order valence-corrected chi connectivity index (χ3v) is 26.3. The van der Waals surface area contributed by atoms with Gasteiger partial charge < -0.3 is 18.9 Å². The standard InChI is InChI=1S/C104H107BN4/c1-97(2,3)70-32-46-88-78(58-70)79-59-71(98(4,5)6)33-47-89(79)108(88)76-40-44-86-92(62-76)106(74-36-26-65(27-37-74)67-30-42-82-84(54-67)103(17,18)52-50-101(82,13)14)94-56-69(64-24-22-21-23-25-64)57-95-96(94)105(86)87-45-41-77(109-90-48-34-72(99(7,8)9)60-80(90)81-61-73(100(10,11)12)35-49-91(81)109)63-93(87)107(95)75-38-28-66(29-39-75)68-31-43-83-85(55-68)104(19,20)53-51-102(83,15)16/h21-49,54-63H,50-53H2,1-20H3. The van der Waals surface area contributed by atoms with Gasteiger partial charge in [0.25, 0.3) is 6.71 Å². The van der Waals surface area contributed by atoms with E-state index in [0.29, 0.717) is 0 Å². The van der Waals surface area contributed by atoms with Crippen molar-refractivity contribution in [2.75, 3.05) is 9.80 Å². The Hall–Kier alpha value is -10.1. The van der Waals surface area contributed by atoms with Crippen LogP contribution in [-0.4, -0.2) is 15.8 Å². The molecule has 2 aliphatic heterocycles. The second-order valence-corrected chi connectivity index (χ2v) is 39.6. The second kappa shape index (κ2) is 24.2. The molecule has 109 heavy (non-hydrogen) atoms. The normalized spacial score (nSPS) is 16.3. The lowest BCUT2D eigenvalue weighted by molar-refractivity contribution is 0.332. The number of fused-ring (bicyclic) bond motifs is 12. The summed E-state index contributed by atoms with van der Waals surface area (Å²) in [4.78, 5) is 5.28. The van der Waals surface area contributed by atoms with Crippen molar-refractivity contribution >= 4 is 101 Å². The van der Waals surface area contributed by atoms with Crippen LogP contribution in [0.25, 0.3) is 88.4 Å². The van der Waals surface area contributed by atoms with E-state index in [0.717, 1.165) is 28.3 Å². The molecule has 14 aromatic rings. The van der Waals surface area contributed by atoms with Crippen molar-refractivity contribution in [1.29, 1.82) is 0 Å². The summed E-state index contributed by atoms with van der Waals surface area (Å²) >= 11 is 0. The molecule has 5 heteroatoms. The van der Waals surface area contributed by atoms with Crippen LogP contribution in [-0.2, 0) is 43.3 Å². The minimum Gasteiger partial charge on any atom is -0.311 e. The fourth-order valence-corrected chi connectivity index (χ4v) is 19.2. The summed E-state index contributed by atoms with van der Waals surface area (Å²) in [6.07, 6.45) is 4.71. The van der Waals surface area contributed by atoms with Crippen molar-refractivity contribution in [3.8, 4) is 44.8 Å². The Bertz CT molecular complexity index is 5580. The van der Waals surface area contributed by atoms with Gasteiger partial charge in [0.1, 0.15) is 0 Å². The summed E-state index contributed by atoms with van der Waals surface area (Å²) in [5.74, 6) is 0. The summed E-state index contributed by atoms with van der Waals surface area (Å²) in [5, 5.41) is 5.12. The van der Waals surface area contributed by atoms with Crippen LogP contribution in [0, 0.1) is 0 Å². The van der Waals surface area contributed by atoms with Crippen LogP contribution in [0.5, 0.6) is 0 Å². The fraction of sp³-hybridized carbons (Fsp3) is 0.308. The van der Waals surface area contributed by atoms with E-state index in [1.807, 2.05) is 0 Å². The first kappa shape index (κ1) is 70.6. The molecule has 0 bridgehead atoms. The fourth-order valence-electron chi connectivity index (χ4n) is 19.2. The van der Waals surface area contributed by atoms with Crippen molar-refractivity contribution in [2.45, 2.75) is 207 Å². The number of aromatic nitrogens is 2. The summed E-state index contributed by atoms with van der Waals surface area (Å²) in [7, 11) is 0. The molecule has 0 saturated carbocycles. The summed E-state index contributed by atoms with van der Waals surface area (Å²) in [5.41, 5.74) is 36.6. The summed E-state index contributed by atoms with van der Waals surface area (Å²) in [6, 6.07) is 94.1. The van der Waals surface area contributed by atoms with Crippen molar-refractivity contribution in [1.82, 2.24) is 9.13 Å². The number of hydrogen-bond acceptors (Lipinski definition) is 2. The monoisotopic (exact) mass is 1420 g/mol. The van der Waals surface area contributed by atoms with Gasteiger partial charge in [-0.3, -0.25) is 0 Å². The van der Waals surface area contributed by atoms with E-state index in [1.165, 1.54) is 181 Å². The molecule has 0 N–H and O–H groups in total. The summed E-state index contributed by atoms with van der Waals surface area (Å²) in [6.45, 7) is 47.4. The Morgan fingerprint density at radius 3 is 0.890 bits per heavy atom. The number of anilines is 6.